The highest BCUT2D eigenvalue weighted by Gasteiger charge is 2.39. The average molecular weight is 453 g/mol. The van der Waals surface area contributed by atoms with E-state index in [9.17, 15) is 4.79 Å². The molecule has 0 aromatic heterocycles. The van der Waals surface area contributed by atoms with E-state index in [1.54, 1.807) is 14.2 Å². The highest BCUT2D eigenvalue weighted by molar-refractivity contribution is 5.77. The zero-order chi connectivity index (χ0) is 22.9. The van der Waals surface area contributed by atoms with Crippen molar-refractivity contribution in [2.75, 3.05) is 34.1 Å². The molecule has 0 saturated carbocycles. The summed E-state index contributed by atoms with van der Waals surface area (Å²) in [6.45, 7) is 5.72. The van der Waals surface area contributed by atoms with Crippen molar-refractivity contribution in [1.29, 1.82) is 0 Å². The van der Waals surface area contributed by atoms with Gasteiger partial charge >= 0.3 is 0 Å². The Hall–Kier alpha value is -2.93. The van der Waals surface area contributed by atoms with Crippen LogP contribution >= 0.6 is 0 Å². The van der Waals surface area contributed by atoms with Crippen LogP contribution in [0, 0.1) is 12.8 Å². The normalized spacial score (nSPS) is 22.3. The van der Waals surface area contributed by atoms with Crippen LogP contribution in [0.15, 0.2) is 30.3 Å². The van der Waals surface area contributed by atoms with E-state index < -0.39 is 0 Å². The van der Waals surface area contributed by atoms with Crippen molar-refractivity contribution in [3.05, 3.63) is 47.0 Å². The fourth-order valence-corrected chi connectivity index (χ4v) is 5.61. The number of ether oxygens (including phenoxy) is 4. The molecule has 1 amide bonds. The molecule has 0 spiro atoms. The Morgan fingerprint density at radius 1 is 1.03 bits per heavy atom. The molecule has 0 N–H and O–H groups in total. The van der Waals surface area contributed by atoms with Crippen LogP contribution in [0.1, 0.15) is 36.0 Å². The molecule has 0 radical (unpaired) electrons. The van der Waals surface area contributed by atoms with E-state index in [0.717, 1.165) is 66.6 Å². The van der Waals surface area contributed by atoms with Gasteiger partial charge in [-0.3, -0.25) is 9.69 Å². The number of nitrogens with zero attached hydrogens (tertiary/aromatic N) is 2. The minimum atomic E-state index is 0.259. The number of hydrogen-bond acceptors (Lipinski definition) is 6. The van der Waals surface area contributed by atoms with Crippen molar-refractivity contribution >= 4 is 5.91 Å². The van der Waals surface area contributed by atoms with Crippen LogP contribution in [-0.2, 0) is 17.9 Å². The highest BCUT2D eigenvalue weighted by Crippen LogP contribution is 2.37. The molecule has 2 fully saturated rings. The lowest BCUT2D eigenvalue weighted by molar-refractivity contribution is -0.142. The van der Waals surface area contributed by atoms with Gasteiger partial charge in [0, 0.05) is 49.8 Å². The molecule has 2 aromatic rings. The molecule has 176 valence electrons. The van der Waals surface area contributed by atoms with Gasteiger partial charge < -0.3 is 23.8 Å². The van der Waals surface area contributed by atoms with Gasteiger partial charge in [0.05, 0.1) is 14.2 Å². The summed E-state index contributed by atoms with van der Waals surface area (Å²) in [5, 5.41) is 0. The first-order chi connectivity index (χ1) is 16.1. The molecule has 3 aliphatic rings. The van der Waals surface area contributed by atoms with E-state index in [2.05, 4.69) is 15.9 Å². The first kappa shape index (κ1) is 21.9. The van der Waals surface area contributed by atoms with Crippen LogP contribution in [0.25, 0.3) is 0 Å². The third-order valence-electron chi connectivity index (χ3n) is 7.27. The van der Waals surface area contributed by atoms with Crippen LogP contribution in [0.4, 0.5) is 0 Å². The first-order valence-electron chi connectivity index (χ1n) is 11.7. The van der Waals surface area contributed by atoms with Crippen molar-refractivity contribution in [2.24, 2.45) is 5.92 Å². The van der Waals surface area contributed by atoms with Gasteiger partial charge in [-0.2, -0.15) is 0 Å². The number of methoxy groups -OCH3 is 2. The molecular weight excluding hydrogens is 420 g/mol. The fourth-order valence-electron chi connectivity index (χ4n) is 5.61. The summed E-state index contributed by atoms with van der Waals surface area (Å²) in [5.74, 6) is 4.04. The van der Waals surface area contributed by atoms with Crippen molar-refractivity contribution in [3.63, 3.8) is 0 Å². The van der Waals surface area contributed by atoms with Crippen LogP contribution < -0.4 is 18.9 Å². The number of carbonyl (C=O) groups excluding carboxylic acids is 1. The monoisotopic (exact) mass is 452 g/mol. The summed E-state index contributed by atoms with van der Waals surface area (Å²) in [6.07, 6.45) is 2.55. The number of piperidine rings is 2. The molecule has 2 atom stereocenters. The Bertz CT molecular complexity index is 1040. The third kappa shape index (κ3) is 4.22. The Kier molecular flexibility index (Phi) is 6.06. The number of likely N-dealkylation sites (tertiary alicyclic amines) is 2. The molecule has 0 aliphatic carbocycles. The maximum Gasteiger partial charge on any atom is 0.231 e. The van der Waals surface area contributed by atoms with E-state index in [-0.39, 0.29) is 18.7 Å². The molecule has 2 aromatic carbocycles. The summed E-state index contributed by atoms with van der Waals surface area (Å²) in [7, 11) is 3.41. The van der Waals surface area contributed by atoms with Crippen molar-refractivity contribution in [2.45, 2.75) is 45.3 Å². The Labute approximate surface area is 195 Å². The first-order valence-corrected chi connectivity index (χ1v) is 11.7. The summed E-state index contributed by atoms with van der Waals surface area (Å²) in [4.78, 5) is 17.5. The number of amides is 1. The topological polar surface area (TPSA) is 60.5 Å². The molecule has 0 bridgehead atoms. The number of fused-ring (bicyclic) bond motifs is 2. The minimum absolute atomic E-state index is 0.259. The quantitative estimate of drug-likeness (QED) is 0.665. The van der Waals surface area contributed by atoms with Gasteiger partial charge in [-0.15, -0.1) is 0 Å². The molecule has 3 heterocycles. The molecule has 2 saturated heterocycles. The second kappa shape index (κ2) is 9.14. The predicted molar refractivity (Wildman–Crippen MR) is 124 cm³/mol. The number of rotatable bonds is 6. The number of hydrogen-bond donors (Lipinski definition) is 0. The lowest BCUT2D eigenvalue weighted by atomic mass is 9.83. The van der Waals surface area contributed by atoms with Gasteiger partial charge in [0.1, 0.15) is 11.5 Å². The summed E-state index contributed by atoms with van der Waals surface area (Å²) < 4.78 is 22.1. The second-order valence-corrected chi connectivity index (χ2v) is 9.18. The van der Waals surface area contributed by atoms with Crippen LogP contribution in [0.2, 0.25) is 0 Å². The van der Waals surface area contributed by atoms with E-state index in [0.29, 0.717) is 18.9 Å². The van der Waals surface area contributed by atoms with E-state index >= 15 is 0 Å². The summed E-state index contributed by atoms with van der Waals surface area (Å²) in [6, 6.07) is 10.4. The van der Waals surface area contributed by atoms with Gasteiger partial charge in [0.25, 0.3) is 0 Å². The summed E-state index contributed by atoms with van der Waals surface area (Å²) in [5.41, 5.74) is 3.30. The number of benzene rings is 2. The maximum absolute atomic E-state index is 12.9. The van der Waals surface area contributed by atoms with Gasteiger partial charge in [-0.05, 0) is 49.4 Å². The van der Waals surface area contributed by atoms with Gasteiger partial charge in [-0.1, -0.05) is 12.1 Å². The van der Waals surface area contributed by atoms with Crippen molar-refractivity contribution < 1.29 is 23.7 Å². The molecule has 7 nitrogen and oxygen atoms in total. The zero-order valence-electron chi connectivity index (χ0n) is 19.6. The second-order valence-electron chi connectivity index (χ2n) is 9.18. The fraction of sp³-hybridized carbons (Fsp3) is 0.500. The van der Waals surface area contributed by atoms with Crippen LogP contribution in [0.3, 0.4) is 0 Å². The van der Waals surface area contributed by atoms with Gasteiger partial charge in [0.15, 0.2) is 11.5 Å². The largest absolute Gasteiger partial charge is 0.496 e. The predicted octanol–water partition coefficient (Wildman–Crippen LogP) is 3.75. The smallest absolute Gasteiger partial charge is 0.231 e. The highest BCUT2D eigenvalue weighted by atomic mass is 16.7. The average Bonchev–Trinajstić information content (AvgIpc) is 3.29. The summed E-state index contributed by atoms with van der Waals surface area (Å²) >= 11 is 0. The third-order valence-corrected chi connectivity index (χ3v) is 7.27. The van der Waals surface area contributed by atoms with Crippen LogP contribution in [0.5, 0.6) is 23.0 Å². The Morgan fingerprint density at radius 3 is 2.70 bits per heavy atom. The molecule has 7 heteroatoms. The Morgan fingerprint density at radius 2 is 1.88 bits per heavy atom. The zero-order valence-corrected chi connectivity index (χ0v) is 19.6. The SMILES string of the molecule is COc1ccc(CN2CC[C@H]3[C@H](CCC(=O)N3Cc3ccc4c(c3)OCO4)C2)c(OC)c1C. The van der Waals surface area contributed by atoms with E-state index in [4.69, 9.17) is 18.9 Å². The van der Waals surface area contributed by atoms with E-state index in [1.165, 1.54) is 5.56 Å². The van der Waals surface area contributed by atoms with Crippen LogP contribution in [-0.4, -0.2) is 55.9 Å². The van der Waals surface area contributed by atoms with E-state index in [1.807, 2.05) is 31.2 Å². The minimum Gasteiger partial charge on any atom is -0.496 e. The lowest BCUT2D eigenvalue weighted by Gasteiger charge is -2.47. The van der Waals surface area contributed by atoms with Gasteiger partial charge in [0.2, 0.25) is 12.7 Å². The van der Waals surface area contributed by atoms with Crippen molar-refractivity contribution in [1.82, 2.24) is 9.80 Å². The van der Waals surface area contributed by atoms with Gasteiger partial charge in [-0.25, -0.2) is 0 Å². The van der Waals surface area contributed by atoms with Crippen molar-refractivity contribution in [3.8, 4) is 23.0 Å². The molecule has 0 unspecified atom stereocenters. The Balaban J connectivity index is 1.28. The molecule has 3 aliphatic heterocycles. The maximum atomic E-state index is 12.9. The molecule has 33 heavy (non-hydrogen) atoms. The molecular formula is C26H32N2O5. The standard InChI is InChI=1S/C26H32N2O5/c1-17-22(30-2)8-5-20(26(17)31-3)15-27-11-10-21-19(14-27)6-9-25(29)28(21)13-18-4-7-23-24(12-18)33-16-32-23/h4-5,7-8,12,19,21H,6,9-11,13-16H2,1-3H3/t19-,21+/m1/s1. The molecule has 5 rings (SSSR count). The number of carbonyl (C=O) groups is 1. The lowest BCUT2D eigenvalue weighted by Crippen LogP contribution is -2.55.